The second kappa shape index (κ2) is 7.03. The van der Waals surface area contributed by atoms with Gasteiger partial charge in [-0.1, -0.05) is 46.8 Å². The minimum Gasteiger partial charge on any atom is -0.303 e. The molecule has 1 aromatic rings. The normalized spacial score (nSPS) is 11.9. The molecule has 0 aromatic heterocycles. The van der Waals surface area contributed by atoms with E-state index < -0.39 is 0 Å². The van der Waals surface area contributed by atoms with Crippen LogP contribution in [0.25, 0.3) is 0 Å². The maximum Gasteiger partial charge on any atom is 0.164 e. The van der Waals surface area contributed by atoms with Gasteiger partial charge < -0.3 is 4.90 Å². The van der Waals surface area contributed by atoms with Gasteiger partial charge in [-0.2, -0.15) is 0 Å². The van der Waals surface area contributed by atoms with Crippen molar-refractivity contribution in [1.29, 1.82) is 0 Å². The molecule has 0 N–H and O–H groups in total. The maximum absolute atomic E-state index is 12.5. The van der Waals surface area contributed by atoms with Crippen LogP contribution in [0, 0.1) is 6.92 Å². The molecule has 2 heteroatoms. The third kappa shape index (κ3) is 4.45. The molecule has 0 atom stereocenters. The molecule has 0 saturated carbocycles. The van der Waals surface area contributed by atoms with E-state index in [1.165, 1.54) is 5.56 Å². The van der Waals surface area contributed by atoms with E-state index >= 15 is 0 Å². The highest BCUT2D eigenvalue weighted by atomic mass is 16.1. The average Bonchev–Trinajstić information content (AvgIpc) is 2.38. The first-order valence-corrected chi connectivity index (χ1v) is 7.66. The Kier molecular flexibility index (Phi) is 5.94. The Hall–Kier alpha value is -1.15. The van der Waals surface area contributed by atoms with Crippen molar-refractivity contribution in [1.82, 2.24) is 4.90 Å². The lowest BCUT2D eigenvalue weighted by Gasteiger charge is -2.21. The smallest absolute Gasteiger partial charge is 0.164 e. The predicted octanol–water partition coefficient (Wildman–Crippen LogP) is 4.21. The van der Waals surface area contributed by atoms with Gasteiger partial charge in [-0.05, 0) is 42.6 Å². The van der Waals surface area contributed by atoms with Crippen LogP contribution in [0.5, 0.6) is 0 Å². The summed E-state index contributed by atoms with van der Waals surface area (Å²) >= 11 is 0. The molecule has 0 unspecified atom stereocenters. The Labute approximate surface area is 124 Å². The lowest BCUT2D eigenvalue weighted by molar-refractivity contribution is 0.0966. The van der Waals surface area contributed by atoms with Crippen molar-refractivity contribution in [3.63, 3.8) is 0 Å². The molecule has 0 saturated heterocycles. The molecule has 0 radical (unpaired) electrons. The van der Waals surface area contributed by atoms with Gasteiger partial charge in [-0.15, -0.1) is 0 Å². The van der Waals surface area contributed by atoms with E-state index in [4.69, 9.17) is 0 Å². The fourth-order valence-electron chi connectivity index (χ4n) is 2.32. The lowest BCUT2D eigenvalue weighted by atomic mass is 9.84. The topological polar surface area (TPSA) is 20.3 Å². The fraction of sp³-hybridized carbons (Fsp3) is 0.611. The van der Waals surface area contributed by atoms with Crippen molar-refractivity contribution in [3.8, 4) is 0 Å². The number of carbonyl (C=O) groups excluding carboxylic acids is 1. The zero-order chi connectivity index (χ0) is 15.3. The van der Waals surface area contributed by atoms with Crippen molar-refractivity contribution < 1.29 is 4.79 Å². The SMILES string of the molecule is CCN(CC)CCC(=O)c1cc(C(C)(C)C)ccc1C. The van der Waals surface area contributed by atoms with Gasteiger partial charge in [0.2, 0.25) is 0 Å². The van der Waals surface area contributed by atoms with Crippen molar-refractivity contribution in [2.24, 2.45) is 0 Å². The summed E-state index contributed by atoms with van der Waals surface area (Å²) in [5.41, 5.74) is 3.29. The van der Waals surface area contributed by atoms with E-state index in [9.17, 15) is 4.79 Å². The van der Waals surface area contributed by atoms with Crippen LogP contribution in [0.4, 0.5) is 0 Å². The van der Waals surface area contributed by atoms with E-state index in [1.54, 1.807) is 0 Å². The first kappa shape index (κ1) is 16.9. The number of carbonyl (C=O) groups is 1. The Morgan fingerprint density at radius 3 is 2.25 bits per heavy atom. The molecule has 0 fully saturated rings. The van der Waals surface area contributed by atoms with E-state index in [0.29, 0.717) is 6.42 Å². The first-order chi connectivity index (χ1) is 9.29. The summed E-state index contributed by atoms with van der Waals surface area (Å²) in [6, 6.07) is 6.29. The Bertz CT molecular complexity index is 453. The number of ketones is 1. The van der Waals surface area contributed by atoms with Crippen LogP contribution in [0.2, 0.25) is 0 Å². The number of rotatable bonds is 6. The Balaban J connectivity index is 2.87. The number of nitrogens with zero attached hydrogens (tertiary/aromatic N) is 1. The van der Waals surface area contributed by atoms with Gasteiger partial charge in [0.15, 0.2) is 5.78 Å². The summed E-state index contributed by atoms with van der Waals surface area (Å²) in [7, 11) is 0. The summed E-state index contributed by atoms with van der Waals surface area (Å²) in [6.07, 6.45) is 0.607. The lowest BCUT2D eigenvalue weighted by Crippen LogP contribution is -2.26. The summed E-state index contributed by atoms with van der Waals surface area (Å²) < 4.78 is 0. The third-order valence-corrected chi connectivity index (χ3v) is 3.95. The molecule has 0 aliphatic carbocycles. The average molecular weight is 275 g/mol. The fourth-order valence-corrected chi connectivity index (χ4v) is 2.32. The van der Waals surface area contributed by atoms with Crippen LogP contribution in [-0.4, -0.2) is 30.3 Å². The van der Waals surface area contributed by atoms with Crippen LogP contribution < -0.4 is 0 Å². The minimum atomic E-state index is 0.0849. The number of hydrogen-bond donors (Lipinski definition) is 0. The van der Waals surface area contributed by atoms with E-state index in [1.807, 2.05) is 6.92 Å². The number of Topliss-reactive ketones (excluding diaryl/α,β-unsaturated/α-hetero) is 1. The highest BCUT2D eigenvalue weighted by Gasteiger charge is 2.17. The zero-order valence-electron chi connectivity index (χ0n) is 13.9. The monoisotopic (exact) mass is 275 g/mol. The van der Waals surface area contributed by atoms with E-state index in [2.05, 4.69) is 57.7 Å². The van der Waals surface area contributed by atoms with Gasteiger partial charge in [-0.25, -0.2) is 0 Å². The minimum absolute atomic E-state index is 0.0849. The van der Waals surface area contributed by atoms with Crippen molar-refractivity contribution in [2.45, 2.75) is 53.4 Å². The van der Waals surface area contributed by atoms with E-state index in [0.717, 1.165) is 30.8 Å². The second-order valence-electron chi connectivity index (χ2n) is 6.48. The van der Waals surface area contributed by atoms with Gasteiger partial charge in [0, 0.05) is 18.5 Å². The predicted molar refractivity (Wildman–Crippen MR) is 86.6 cm³/mol. The van der Waals surface area contributed by atoms with Crippen LogP contribution in [0.15, 0.2) is 18.2 Å². The molecule has 0 heterocycles. The van der Waals surface area contributed by atoms with Gasteiger partial charge in [0.05, 0.1) is 0 Å². The van der Waals surface area contributed by atoms with Gasteiger partial charge >= 0.3 is 0 Å². The van der Waals surface area contributed by atoms with Gasteiger partial charge in [0.1, 0.15) is 0 Å². The summed E-state index contributed by atoms with van der Waals surface area (Å²) in [4.78, 5) is 14.7. The molecule has 1 aromatic carbocycles. The van der Waals surface area contributed by atoms with Crippen molar-refractivity contribution in [3.05, 3.63) is 34.9 Å². The second-order valence-corrected chi connectivity index (χ2v) is 6.48. The number of hydrogen-bond acceptors (Lipinski definition) is 2. The summed E-state index contributed by atoms with van der Waals surface area (Å²) in [6.45, 7) is 15.7. The molecule has 1 rings (SSSR count). The van der Waals surface area contributed by atoms with Crippen LogP contribution in [0.3, 0.4) is 0 Å². The summed E-state index contributed by atoms with van der Waals surface area (Å²) in [5, 5.41) is 0. The Morgan fingerprint density at radius 1 is 1.15 bits per heavy atom. The molecule has 0 bridgehead atoms. The molecular formula is C18H29NO. The largest absolute Gasteiger partial charge is 0.303 e. The van der Waals surface area contributed by atoms with Crippen molar-refractivity contribution >= 4 is 5.78 Å². The molecule has 0 aliphatic heterocycles. The first-order valence-electron chi connectivity index (χ1n) is 7.66. The van der Waals surface area contributed by atoms with Crippen molar-refractivity contribution in [2.75, 3.05) is 19.6 Å². The third-order valence-electron chi connectivity index (χ3n) is 3.95. The van der Waals surface area contributed by atoms with Crippen LogP contribution in [-0.2, 0) is 5.41 Å². The zero-order valence-corrected chi connectivity index (χ0v) is 13.9. The maximum atomic E-state index is 12.5. The van der Waals surface area contributed by atoms with Gasteiger partial charge in [-0.3, -0.25) is 4.79 Å². The highest BCUT2D eigenvalue weighted by Crippen LogP contribution is 2.25. The molecule has 20 heavy (non-hydrogen) atoms. The molecule has 0 amide bonds. The van der Waals surface area contributed by atoms with E-state index in [-0.39, 0.29) is 11.2 Å². The summed E-state index contributed by atoms with van der Waals surface area (Å²) in [5.74, 6) is 0.264. The van der Waals surface area contributed by atoms with Gasteiger partial charge in [0.25, 0.3) is 0 Å². The molecular weight excluding hydrogens is 246 g/mol. The molecule has 112 valence electrons. The number of aryl methyl sites for hydroxylation is 1. The number of benzene rings is 1. The quantitative estimate of drug-likeness (QED) is 0.725. The highest BCUT2D eigenvalue weighted by molar-refractivity contribution is 5.97. The molecule has 0 aliphatic rings. The van der Waals surface area contributed by atoms with Crippen LogP contribution in [0.1, 0.15) is 62.5 Å². The van der Waals surface area contributed by atoms with Crippen LogP contribution >= 0.6 is 0 Å². The Morgan fingerprint density at radius 2 is 1.75 bits per heavy atom. The molecule has 2 nitrogen and oxygen atoms in total. The standard InChI is InChI=1S/C18H29NO/c1-7-19(8-2)12-11-17(20)16-13-15(18(4,5)6)10-9-14(16)3/h9-10,13H,7-8,11-12H2,1-6H3. The molecule has 0 spiro atoms.